The zero-order valence-corrected chi connectivity index (χ0v) is 8.67. The number of fused-ring (bicyclic) bond motifs is 1. The summed E-state index contributed by atoms with van der Waals surface area (Å²) < 4.78 is 17.1. The van der Waals surface area contributed by atoms with Crippen molar-refractivity contribution in [2.45, 2.75) is 49.8 Å². The molecule has 0 aromatic rings. The Morgan fingerprint density at radius 1 is 1.23 bits per heavy atom. The zero-order valence-electron chi connectivity index (χ0n) is 7.86. The van der Waals surface area contributed by atoms with E-state index in [4.69, 9.17) is 14.2 Å². The smallest absolute Gasteiger partial charge is 0.187 e. The second kappa shape index (κ2) is 2.63. The van der Waals surface area contributed by atoms with Gasteiger partial charge in [-0.2, -0.15) is 11.8 Å². The first-order valence-electron chi connectivity index (χ1n) is 4.77. The lowest BCUT2D eigenvalue weighted by Gasteiger charge is -2.19. The van der Waals surface area contributed by atoms with Gasteiger partial charge in [0.2, 0.25) is 0 Å². The third kappa shape index (κ3) is 1.50. The van der Waals surface area contributed by atoms with E-state index >= 15 is 0 Å². The fourth-order valence-corrected chi connectivity index (χ4v) is 2.76. The summed E-state index contributed by atoms with van der Waals surface area (Å²) in [5, 5.41) is 0.709. The van der Waals surface area contributed by atoms with Crippen LogP contribution in [0.15, 0.2) is 0 Å². The molecule has 13 heavy (non-hydrogen) atoms. The van der Waals surface area contributed by atoms with E-state index < -0.39 is 5.79 Å². The van der Waals surface area contributed by atoms with Crippen LogP contribution in [0.5, 0.6) is 0 Å². The summed E-state index contributed by atoms with van der Waals surface area (Å²) >= 11 is 1.97. The van der Waals surface area contributed by atoms with Crippen LogP contribution in [-0.2, 0) is 14.2 Å². The van der Waals surface area contributed by atoms with Crippen molar-refractivity contribution in [1.82, 2.24) is 0 Å². The van der Waals surface area contributed by atoms with Gasteiger partial charge in [-0.3, -0.25) is 0 Å². The van der Waals surface area contributed by atoms with E-state index in [1.807, 2.05) is 25.6 Å². The van der Waals surface area contributed by atoms with Gasteiger partial charge in [0.25, 0.3) is 0 Å². The highest BCUT2D eigenvalue weighted by atomic mass is 32.2. The molecule has 0 bridgehead atoms. The van der Waals surface area contributed by atoms with Crippen LogP contribution in [0, 0.1) is 0 Å². The van der Waals surface area contributed by atoms with Gasteiger partial charge in [-0.25, -0.2) is 0 Å². The fraction of sp³-hybridized carbons (Fsp3) is 1.00. The summed E-state index contributed by atoms with van der Waals surface area (Å²) in [7, 11) is 0. The highest BCUT2D eigenvalue weighted by molar-refractivity contribution is 8.06. The number of hydrogen-bond donors (Lipinski definition) is 0. The first-order chi connectivity index (χ1) is 6.14. The highest BCUT2D eigenvalue weighted by Gasteiger charge is 2.52. The van der Waals surface area contributed by atoms with Gasteiger partial charge in [-0.15, -0.1) is 0 Å². The summed E-state index contributed by atoms with van der Waals surface area (Å²) in [6, 6.07) is 0. The number of hydrogen-bond acceptors (Lipinski definition) is 4. The van der Waals surface area contributed by atoms with Crippen LogP contribution < -0.4 is 0 Å². The number of ether oxygens (including phenoxy) is 3. The Labute approximate surface area is 82.1 Å². The average molecular weight is 202 g/mol. The lowest BCUT2D eigenvalue weighted by atomic mass is 10.1. The fourth-order valence-electron chi connectivity index (χ4n) is 2.04. The van der Waals surface area contributed by atoms with Gasteiger partial charge in [0.1, 0.15) is 6.10 Å². The maximum absolute atomic E-state index is 5.78. The van der Waals surface area contributed by atoms with Crippen molar-refractivity contribution in [1.29, 1.82) is 0 Å². The van der Waals surface area contributed by atoms with Gasteiger partial charge in [-0.05, 0) is 13.8 Å². The molecule has 3 fully saturated rings. The molecule has 74 valence electrons. The molecule has 0 radical (unpaired) electrons. The minimum absolute atomic E-state index is 0.110. The molecule has 0 aromatic heterocycles. The second-order valence-corrected chi connectivity index (χ2v) is 5.60. The molecule has 0 amide bonds. The van der Waals surface area contributed by atoms with Crippen LogP contribution in [0.4, 0.5) is 0 Å². The maximum atomic E-state index is 5.78. The molecule has 3 aliphatic rings. The first-order valence-corrected chi connectivity index (χ1v) is 5.82. The molecular formula is C9H14O3S. The Hall–Kier alpha value is 0.230. The Kier molecular flexibility index (Phi) is 1.72. The quantitative estimate of drug-likeness (QED) is 0.600. The molecule has 0 spiro atoms. The summed E-state index contributed by atoms with van der Waals surface area (Å²) in [5.74, 6) is 0.796. The molecule has 3 aliphatic heterocycles. The van der Waals surface area contributed by atoms with Crippen LogP contribution in [0.3, 0.4) is 0 Å². The third-order valence-corrected chi connectivity index (χ3v) is 3.71. The Morgan fingerprint density at radius 3 is 2.62 bits per heavy atom. The van der Waals surface area contributed by atoms with Gasteiger partial charge >= 0.3 is 0 Å². The molecule has 0 aromatic carbocycles. The monoisotopic (exact) mass is 202 g/mol. The van der Waals surface area contributed by atoms with Crippen LogP contribution in [0.2, 0.25) is 0 Å². The summed E-state index contributed by atoms with van der Waals surface area (Å²) in [5.41, 5.74) is 0. The van der Waals surface area contributed by atoms with Gasteiger partial charge in [0.15, 0.2) is 12.1 Å². The Bertz CT molecular complexity index is 211. The van der Waals surface area contributed by atoms with Crippen molar-refractivity contribution >= 4 is 11.8 Å². The molecule has 3 saturated heterocycles. The largest absolute Gasteiger partial charge is 0.345 e. The molecule has 0 N–H and O–H groups in total. The van der Waals surface area contributed by atoms with Crippen molar-refractivity contribution in [3.8, 4) is 0 Å². The molecule has 0 aliphatic carbocycles. The normalized spacial score (nSPS) is 52.2. The predicted molar refractivity (Wildman–Crippen MR) is 49.6 cm³/mol. The molecule has 3 nitrogen and oxygen atoms in total. The number of thioether (sulfide) groups is 1. The highest BCUT2D eigenvalue weighted by Crippen LogP contribution is 2.44. The van der Waals surface area contributed by atoms with Crippen LogP contribution >= 0.6 is 11.8 Å². The summed E-state index contributed by atoms with van der Waals surface area (Å²) in [6.45, 7) is 3.88. The predicted octanol–water partition coefficient (Wildman–Crippen LogP) is 1.37. The minimum Gasteiger partial charge on any atom is -0.345 e. The molecule has 3 rings (SSSR count). The topological polar surface area (TPSA) is 27.7 Å². The van der Waals surface area contributed by atoms with Gasteiger partial charge in [-0.1, -0.05) is 0 Å². The third-order valence-electron chi connectivity index (χ3n) is 2.69. The van der Waals surface area contributed by atoms with Crippen LogP contribution in [-0.4, -0.2) is 35.3 Å². The van der Waals surface area contributed by atoms with Gasteiger partial charge in [0, 0.05) is 17.4 Å². The second-order valence-electron chi connectivity index (χ2n) is 4.32. The Balaban J connectivity index is 1.66. The van der Waals surface area contributed by atoms with Crippen molar-refractivity contribution < 1.29 is 14.2 Å². The van der Waals surface area contributed by atoms with Crippen LogP contribution in [0.1, 0.15) is 20.3 Å². The molecule has 3 heterocycles. The van der Waals surface area contributed by atoms with Crippen molar-refractivity contribution in [2.75, 3.05) is 5.75 Å². The van der Waals surface area contributed by atoms with E-state index in [2.05, 4.69) is 0 Å². The van der Waals surface area contributed by atoms with Gasteiger partial charge in [0.05, 0.1) is 6.10 Å². The lowest BCUT2D eigenvalue weighted by molar-refractivity contribution is -0.203. The summed E-state index contributed by atoms with van der Waals surface area (Å²) in [6.07, 6.45) is 1.43. The zero-order chi connectivity index (χ0) is 9.05. The maximum Gasteiger partial charge on any atom is 0.187 e. The van der Waals surface area contributed by atoms with Crippen molar-refractivity contribution in [3.63, 3.8) is 0 Å². The van der Waals surface area contributed by atoms with Crippen LogP contribution in [0.25, 0.3) is 0 Å². The summed E-state index contributed by atoms with van der Waals surface area (Å²) in [4.78, 5) is 0. The Morgan fingerprint density at radius 2 is 2.00 bits per heavy atom. The molecule has 0 saturated carbocycles. The minimum atomic E-state index is -0.447. The van der Waals surface area contributed by atoms with E-state index in [1.54, 1.807) is 0 Å². The lowest BCUT2D eigenvalue weighted by Crippen LogP contribution is -2.26. The molecular weight excluding hydrogens is 188 g/mol. The van der Waals surface area contributed by atoms with E-state index in [0.717, 1.165) is 6.42 Å². The van der Waals surface area contributed by atoms with E-state index in [1.165, 1.54) is 5.75 Å². The first kappa shape index (κ1) is 8.53. The molecule has 0 unspecified atom stereocenters. The van der Waals surface area contributed by atoms with Crippen molar-refractivity contribution in [3.05, 3.63) is 0 Å². The van der Waals surface area contributed by atoms with Gasteiger partial charge < -0.3 is 14.2 Å². The average Bonchev–Trinajstić information content (AvgIpc) is 2.71. The van der Waals surface area contributed by atoms with E-state index in [-0.39, 0.29) is 12.4 Å². The standard InChI is InChI=1S/C9H14O3S/c1-9(2)11-6-3-5(7-4-13-7)10-8(6)12-9/h5-8H,3-4H2,1-2H3/t5-,6+,7-,8+/m0/s1. The van der Waals surface area contributed by atoms with E-state index in [9.17, 15) is 0 Å². The SMILES string of the molecule is CC1(C)O[C@H]2O[C@H]([C@@H]3CS3)C[C@H]2O1. The van der Waals surface area contributed by atoms with E-state index in [0.29, 0.717) is 11.4 Å². The number of rotatable bonds is 1. The molecule has 4 atom stereocenters. The van der Waals surface area contributed by atoms with Crippen molar-refractivity contribution in [2.24, 2.45) is 0 Å². The molecule has 4 heteroatoms.